The third-order valence-corrected chi connectivity index (χ3v) is 4.20. The zero-order chi connectivity index (χ0) is 14.8. The number of aryl methyl sites for hydroxylation is 1. The van der Waals surface area contributed by atoms with Crippen molar-refractivity contribution in [1.29, 1.82) is 0 Å². The number of nitrogens with zero attached hydrogens (tertiary/aromatic N) is 3. The number of rotatable bonds is 6. The molecule has 0 amide bonds. The molecule has 118 valence electrons. The summed E-state index contributed by atoms with van der Waals surface area (Å²) in [5.41, 5.74) is 1.71. The van der Waals surface area contributed by atoms with Crippen LogP contribution in [0.1, 0.15) is 32.4 Å². The van der Waals surface area contributed by atoms with E-state index in [1.807, 2.05) is 32.2 Å². The molecule has 6 nitrogen and oxygen atoms in total. The molecule has 2 rings (SSSR count). The van der Waals surface area contributed by atoms with Crippen molar-refractivity contribution in [2.24, 2.45) is 10.6 Å². The predicted octanol–water partition coefficient (Wildman–Crippen LogP) is 1.79. The molecule has 0 bridgehead atoms. The lowest BCUT2D eigenvalue weighted by molar-refractivity contribution is 0.321. The number of aromatic nitrogens is 3. The van der Waals surface area contributed by atoms with Gasteiger partial charge in [-0.2, -0.15) is 5.10 Å². The van der Waals surface area contributed by atoms with Crippen LogP contribution < -0.4 is 5.14 Å². The Labute approximate surface area is 131 Å². The molecular weight excluding hydrogens is 312 g/mol. The van der Waals surface area contributed by atoms with Crippen molar-refractivity contribution < 1.29 is 8.42 Å². The van der Waals surface area contributed by atoms with E-state index in [9.17, 15) is 8.42 Å². The van der Waals surface area contributed by atoms with E-state index in [1.54, 1.807) is 10.7 Å². The van der Waals surface area contributed by atoms with E-state index in [-0.39, 0.29) is 23.6 Å². The second-order valence-corrected chi connectivity index (χ2v) is 7.57. The number of imidazole rings is 1. The van der Waals surface area contributed by atoms with E-state index in [0.29, 0.717) is 6.42 Å². The van der Waals surface area contributed by atoms with Gasteiger partial charge in [0.05, 0.1) is 11.4 Å². The van der Waals surface area contributed by atoms with Gasteiger partial charge in [0.1, 0.15) is 0 Å². The van der Waals surface area contributed by atoms with E-state index in [0.717, 1.165) is 24.2 Å². The van der Waals surface area contributed by atoms with E-state index in [4.69, 9.17) is 5.14 Å². The van der Waals surface area contributed by atoms with Crippen molar-refractivity contribution in [1.82, 2.24) is 14.6 Å². The molecule has 0 aliphatic rings. The second-order valence-electron chi connectivity index (χ2n) is 5.84. The van der Waals surface area contributed by atoms with Crippen molar-refractivity contribution in [2.45, 2.75) is 33.1 Å². The molecule has 0 aromatic carbocycles. The highest BCUT2D eigenvalue weighted by molar-refractivity contribution is 7.89. The van der Waals surface area contributed by atoms with Gasteiger partial charge in [-0.15, -0.1) is 12.4 Å². The SMILES string of the molecule is CC(C)(CCc1ccc2nccn2n1)CCS(N)(=O)=O.Cl. The van der Waals surface area contributed by atoms with Crippen molar-refractivity contribution >= 4 is 28.1 Å². The first kappa shape index (κ1) is 17.9. The third kappa shape index (κ3) is 5.61. The van der Waals surface area contributed by atoms with Gasteiger partial charge in [0.15, 0.2) is 5.65 Å². The van der Waals surface area contributed by atoms with Gasteiger partial charge in [-0.25, -0.2) is 23.1 Å². The minimum Gasteiger partial charge on any atom is -0.236 e. The Bertz CT molecular complexity index is 697. The molecule has 0 saturated carbocycles. The summed E-state index contributed by atoms with van der Waals surface area (Å²) in [7, 11) is -3.39. The minimum atomic E-state index is -3.39. The van der Waals surface area contributed by atoms with Gasteiger partial charge in [-0.3, -0.25) is 0 Å². The summed E-state index contributed by atoms with van der Waals surface area (Å²) in [6.07, 6.45) is 5.73. The summed E-state index contributed by atoms with van der Waals surface area (Å²) >= 11 is 0. The number of nitrogens with two attached hydrogens (primary N) is 1. The molecule has 2 aromatic heterocycles. The van der Waals surface area contributed by atoms with Gasteiger partial charge in [0.25, 0.3) is 0 Å². The highest BCUT2D eigenvalue weighted by Crippen LogP contribution is 2.27. The number of fused-ring (bicyclic) bond motifs is 1. The van der Waals surface area contributed by atoms with Crippen molar-refractivity contribution in [2.75, 3.05) is 5.75 Å². The number of primary sulfonamides is 1. The average molecular weight is 333 g/mol. The number of hydrogen-bond donors (Lipinski definition) is 1. The molecule has 0 unspecified atom stereocenters. The van der Waals surface area contributed by atoms with Crippen molar-refractivity contribution in [3.63, 3.8) is 0 Å². The van der Waals surface area contributed by atoms with Crippen LogP contribution in [0.5, 0.6) is 0 Å². The van der Waals surface area contributed by atoms with Crippen LogP contribution in [-0.2, 0) is 16.4 Å². The summed E-state index contributed by atoms with van der Waals surface area (Å²) in [5, 5.41) is 9.51. The third-order valence-electron chi connectivity index (χ3n) is 3.43. The Morgan fingerprint density at radius 1 is 1.29 bits per heavy atom. The molecule has 2 N–H and O–H groups in total. The van der Waals surface area contributed by atoms with Gasteiger partial charge in [-0.05, 0) is 36.8 Å². The second kappa shape index (κ2) is 6.72. The van der Waals surface area contributed by atoms with E-state index >= 15 is 0 Å². The fourth-order valence-corrected chi connectivity index (χ4v) is 2.84. The zero-order valence-corrected chi connectivity index (χ0v) is 13.8. The topological polar surface area (TPSA) is 90.3 Å². The van der Waals surface area contributed by atoms with Gasteiger partial charge >= 0.3 is 0 Å². The molecule has 0 aliphatic heterocycles. The largest absolute Gasteiger partial charge is 0.236 e. The lowest BCUT2D eigenvalue weighted by Crippen LogP contribution is -2.23. The monoisotopic (exact) mass is 332 g/mol. The number of halogens is 1. The molecule has 0 spiro atoms. The molecule has 0 radical (unpaired) electrons. The molecule has 2 aromatic rings. The Morgan fingerprint density at radius 3 is 2.67 bits per heavy atom. The summed E-state index contributed by atoms with van der Waals surface area (Å²) in [5.74, 6) is 0.0218. The van der Waals surface area contributed by atoms with E-state index < -0.39 is 10.0 Å². The summed E-state index contributed by atoms with van der Waals surface area (Å²) in [6, 6.07) is 3.89. The first-order valence-corrected chi connectivity index (χ1v) is 8.27. The first-order valence-electron chi connectivity index (χ1n) is 6.55. The zero-order valence-electron chi connectivity index (χ0n) is 12.2. The maximum Gasteiger partial charge on any atom is 0.209 e. The molecular formula is C13H21ClN4O2S. The lowest BCUT2D eigenvalue weighted by atomic mass is 9.84. The van der Waals surface area contributed by atoms with Crippen LogP contribution in [0.25, 0.3) is 5.65 Å². The lowest BCUT2D eigenvalue weighted by Gasteiger charge is -2.23. The van der Waals surface area contributed by atoms with E-state index in [1.165, 1.54) is 0 Å². The Kier molecular flexibility index (Phi) is 5.72. The van der Waals surface area contributed by atoms with Crippen LogP contribution in [0.4, 0.5) is 0 Å². The molecule has 0 saturated heterocycles. The molecule has 0 aliphatic carbocycles. The van der Waals surface area contributed by atoms with Crippen LogP contribution in [-0.4, -0.2) is 28.8 Å². The summed E-state index contributed by atoms with van der Waals surface area (Å²) in [4.78, 5) is 4.15. The van der Waals surface area contributed by atoms with Gasteiger partial charge in [0, 0.05) is 12.4 Å². The van der Waals surface area contributed by atoms with Crippen LogP contribution in [0, 0.1) is 5.41 Å². The maximum atomic E-state index is 11.0. The smallest absolute Gasteiger partial charge is 0.209 e. The molecule has 0 atom stereocenters. The van der Waals surface area contributed by atoms with Gasteiger partial charge < -0.3 is 0 Å². The number of sulfonamides is 1. The summed E-state index contributed by atoms with van der Waals surface area (Å²) < 4.78 is 23.8. The van der Waals surface area contributed by atoms with Crippen LogP contribution in [0.2, 0.25) is 0 Å². The van der Waals surface area contributed by atoms with Crippen LogP contribution in [0.15, 0.2) is 24.5 Å². The molecule has 21 heavy (non-hydrogen) atoms. The summed E-state index contributed by atoms with van der Waals surface area (Å²) in [6.45, 7) is 4.10. The predicted molar refractivity (Wildman–Crippen MR) is 84.9 cm³/mol. The maximum absolute atomic E-state index is 11.0. The molecule has 2 heterocycles. The van der Waals surface area contributed by atoms with Gasteiger partial charge in [-0.1, -0.05) is 13.8 Å². The first-order chi connectivity index (χ1) is 9.25. The molecule has 0 fully saturated rings. The fraction of sp³-hybridized carbons (Fsp3) is 0.538. The average Bonchev–Trinajstić information content (AvgIpc) is 2.81. The standard InChI is InChI=1S/C13H20N4O2S.ClH/c1-13(2,7-10-20(14,18)19)6-5-11-3-4-12-15-8-9-17(12)16-11;/h3-4,8-9H,5-7,10H2,1-2H3,(H2,14,18,19);1H. The normalized spacial score (nSPS) is 12.3. The number of hydrogen-bond acceptors (Lipinski definition) is 4. The van der Waals surface area contributed by atoms with Gasteiger partial charge in [0.2, 0.25) is 10.0 Å². The van der Waals surface area contributed by atoms with Crippen molar-refractivity contribution in [3.8, 4) is 0 Å². The minimum absolute atomic E-state index is 0. The van der Waals surface area contributed by atoms with Crippen LogP contribution >= 0.6 is 12.4 Å². The quantitative estimate of drug-likeness (QED) is 0.873. The highest BCUT2D eigenvalue weighted by atomic mass is 35.5. The molecule has 8 heteroatoms. The Hall–Kier alpha value is -1.18. The van der Waals surface area contributed by atoms with Crippen molar-refractivity contribution in [3.05, 3.63) is 30.2 Å². The van der Waals surface area contributed by atoms with Crippen LogP contribution in [0.3, 0.4) is 0 Å². The Morgan fingerprint density at radius 2 is 2.00 bits per heavy atom. The highest BCUT2D eigenvalue weighted by Gasteiger charge is 2.20. The van der Waals surface area contributed by atoms with E-state index in [2.05, 4.69) is 10.1 Å². The Balaban J connectivity index is 0.00000220. The fourth-order valence-electron chi connectivity index (χ4n) is 2.00.